The molecule has 0 heterocycles. The molecular weight excluding hydrogens is 400 g/mol. The second kappa shape index (κ2) is 8.27. The number of fused-ring (bicyclic) bond motifs is 5. The zero-order chi connectivity index (χ0) is 22.5. The maximum atomic E-state index is 12.7. The quantitative estimate of drug-likeness (QED) is 0.564. The summed E-state index contributed by atoms with van der Waals surface area (Å²) in [5.74, 6) is 2.27. The molecule has 174 valence electrons. The molecule has 32 heavy (non-hydrogen) atoms. The summed E-state index contributed by atoms with van der Waals surface area (Å²) in [6.45, 7) is 7.01. The Hall–Kier alpha value is -1.68. The second-order valence-electron chi connectivity index (χ2n) is 11.5. The number of carbonyl (C=O) groups excluding carboxylic acids is 2. The Morgan fingerprint density at radius 3 is 2.50 bits per heavy atom. The summed E-state index contributed by atoms with van der Waals surface area (Å²) in [7, 11) is 0. The topological polar surface area (TPSA) is 52.6 Å². The summed E-state index contributed by atoms with van der Waals surface area (Å²) in [5.41, 5.74) is 1.60. The molecule has 0 amide bonds. The number of hydrogen-bond acceptors (Lipinski definition) is 4. The third-order valence-corrected chi connectivity index (χ3v) is 10.0. The average Bonchev–Trinajstić information content (AvgIpc) is 3.10. The molecule has 0 bridgehead atoms. The first-order chi connectivity index (χ1) is 15.3. The zero-order valence-electron chi connectivity index (χ0n) is 19.8. The van der Waals surface area contributed by atoms with Gasteiger partial charge in [-0.15, -0.1) is 0 Å². The number of carbonyl (C=O) groups is 2. The fourth-order valence-corrected chi connectivity index (χ4v) is 8.38. The monoisotopic (exact) mass is 438 g/mol. The van der Waals surface area contributed by atoms with E-state index in [2.05, 4.69) is 44.2 Å². The summed E-state index contributed by atoms with van der Waals surface area (Å²) >= 11 is 0. The van der Waals surface area contributed by atoms with Crippen molar-refractivity contribution in [3.63, 3.8) is 0 Å². The van der Waals surface area contributed by atoms with Gasteiger partial charge in [-0.2, -0.15) is 0 Å². The van der Waals surface area contributed by atoms with E-state index in [0.717, 1.165) is 12.8 Å². The van der Waals surface area contributed by atoms with Gasteiger partial charge in [0.15, 0.2) is 11.9 Å². The number of rotatable bonds is 4. The van der Waals surface area contributed by atoms with Crippen LogP contribution in [0.1, 0.15) is 77.7 Å². The van der Waals surface area contributed by atoms with Crippen LogP contribution in [-0.2, 0) is 25.7 Å². The second-order valence-corrected chi connectivity index (χ2v) is 11.5. The van der Waals surface area contributed by atoms with Gasteiger partial charge in [-0.05, 0) is 85.0 Å². The molecule has 8 atom stereocenters. The molecule has 0 aromatic heterocycles. The van der Waals surface area contributed by atoms with E-state index in [4.69, 9.17) is 9.47 Å². The Labute approximate surface area is 192 Å². The van der Waals surface area contributed by atoms with Crippen molar-refractivity contribution < 1.29 is 19.1 Å². The van der Waals surface area contributed by atoms with Crippen LogP contribution in [0, 0.1) is 34.5 Å². The first-order valence-corrected chi connectivity index (χ1v) is 12.7. The van der Waals surface area contributed by atoms with E-state index in [1.165, 1.54) is 38.2 Å². The number of ketones is 1. The van der Waals surface area contributed by atoms with Crippen molar-refractivity contribution in [3.05, 3.63) is 35.9 Å². The summed E-state index contributed by atoms with van der Waals surface area (Å²) < 4.78 is 12.0. The van der Waals surface area contributed by atoms with E-state index in [-0.39, 0.29) is 22.6 Å². The van der Waals surface area contributed by atoms with Gasteiger partial charge in [0.25, 0.3) is 0 Å². The standard InChI is InChI=1S/C28H38O4/c1-18(29)32-25-16-28(3)20(15-24(25)30)9-10-21-22-11-12-26(27(22,2)14-13-23(21)28)31-17-19-7-5-4-6-8-19/h4-8,20-23,25-26H,9-17H2,1-3H3/t20-,21-,22-,23-,25-,26-,27-,28-/m0/s1. The predicted molar refractivity (Wildman–Crippen MR) is 123 cm³/mol. The van der Waals surface area contributed by atoms with Crippen LogP contribution in [0.5, 0.6) is 0 Å². The summed E-state index contributed by atoms with van der Waals surface area (Å²) in [5, 5.41) is 0. The fourth-order valence-electron chi connectivity index (χ4n) is 8.38. The van der Waals surface area contributed by atoms with Gasteiger partial charge >= 0.3 is 5.97 Å². The highest BCUT2D eigenvalue weighted by atomic mass is 16.5. The first kappa shape index (κ1) is 22.1. The highest BCUT2D eigenvalue weighted by molar-refractivity contribution is 5.86. The van der Waals surface area contributed by atoms with Crippen LogP contribution in [0.2, 0.25) is 0 Å². The van der Waals surface area contributed by atoms with Crippen molar-refractivity contribution in [1.29, 1.82) is 0 Å². The summed E-state index contributed by atoms with van der Waals surface area (Å²) in [6.07, 6.45) is 8.30. The molecule has 4 aliphatic carbocycles. The SMILES string of the molecule is CC(=O)O[C@H]1C[C@@]2(C)[C@@H](CC[C@@H]3[C@@H]2CC[C@]2(C)[C@@H](OCc4ccccc4)CC[C@@H]32)CC1=O. The molecule has 4 aliphatic rings. The predicted octanol–water partition coefficient (Wildman–Crippen LogP) is 5.73. The van der Waals surface area contributed by atoms with Crippen LogP contribution in [0.3, 0.4) is 0 Å². The zero-order valence-corrected chi connectivity index (χ0v) is 19.8. The molecule has 4 nitrogen and oxygen atoms in total. The van der Waals surface area contributed by atoms with E-state index in [1.54, 1.807) is 0 Å². The molecule has 1 aromatic rings. The van der Waals surface area contributed by atoms with Gasteiger partial charge in [0.2, 0.25) is 0 Å². The maximum Gasteiger partial charge on any atom is 0.303 e. The van der Waals surface area contributed by atoms with Gasteiger partial charge in [0.1, 0.15) is 0 Å². The lowest BCUT2D eigenvalue weighted by Crippen LogP contribution is -2.56. The van der Waals surface area contributed by atoms with Gasteiger partial charge in [-0.25, -0.2) is 0 Å². The van der Waals surface area contributed by atoms with Crippen molar-refractivity contribution in [2.24, 2.45) is 34.5 Å². The molecule has 4 fully saturated rings. The Morgan fingerprint density at radius 1 is 1.00 bits per heavy atom. The lowest BCUT2D eigenvalue weighted by atomic mass is 9.45. The lowest BCUT2D eigenvalue weighted by molar-refractivity contribution is -0.173. The van der Waals surface area contributed by atoms with Gasteiger partial charge < -0.3 is 9.47 Å². The van der Waals surface area contributed by atoms with Crippen LogP contribution in [0.15, 0.2) is 30.3 Å². The van der Waals surface area contributed by atoms with Crippen molar-refractivity contribution in [1.82, 2.24) is 0 Å². The molecule has 4 heteroatoms. The molecule has 5 rings (SSSR count). The van der Waals surface area contributed by atoms with Crippen molar-refractivity contribution in [3.8, 4) is 0 Å². The molecule has 1 aromatic carbocycles. The Balaban J connectivity index is 1.32. The van der Waals surface area contributed by atoms with E-state index >= 15 is 0 Å². The lowest BCUT2D eigenvalue weighted by Gasteiger charge is -2.60. The minimum atomic E-state index is -0.536. The van der Waals surface area contributed by atoms with E-state index < -0.39 is 6.10 Å². The number of benzene rings is 1. The minimum Gasteiger partial charge on any atom is -0.455 e. The van der Waals surface area contributed by atoms with Crippen LogP contribution in [0.25, 0.3) is 0 Å². The van der Waals surface area contributed by atoms with Crippen LogP contribution in [0.4, 0.5) is 0 Å². The van der Waals surface area contributed by atoms with Crippen molar-refractivity contribution >= 4 is 11.8 Å². The van der Waals surface area contributed by atoms with Gasteiger partial charge in [0.05, 0.1) is 12.7 Å². The Kier molecular flexibility index (Phi) is 5.72. The molecular formula is C28H38O4. The third kappa shape index (κ3) is 3.63. The molecule has 0 unspecified atom stereocenters. The van der Waals surface area contributed by atoms with Crippen LogP contribution in [-0.4, -0.2) is 24.0 Å². The molecule has 0 spiro atoms. The molecule has 0 saturated heterocycles. The smallest absolute Gasteiger partial charge is 0.303 e. The van der Waals surface area contributed by atoms with E-state index in [0.29, 0.717) is 49.2 Å². The largest absolute Gasteiger partial charge is 0.455 e. The first-order valence-electron chi connectivity index (χ1n) is 12.7. The molecule has 0 aliphatic heterocycles. The third-order valence-electron chi connectivity index (χ3n) is 10.0. The van der Waals surface area contributed by atoms with Crippen LogP contribution < -0.4 is 0 Å². The summed E-state index contributed by atoms with van der Waals surface area (Å²) in [6, 6.07) is 10.5. The number of Topliss-reactive ketones (excluding diaryl/α,β-unsaturated/α-hetero) is 1. The minimum absolute atomic E-state index is 0.0985. The maximum absolute atomic E-state index is 12.7. The highest BCUT2D eigenvalue weighted by Gasteiger charge is 2.61. The Bertz CT molecular complexity index is 865. The fraction of sp³-hybridized carbons (Fsp3) is 0.714. The van der Waals surface area contributed by atoms with E-state index in [1.807, 2.05) is 0 Å². The van der Waals surface area contributed by atoms with Gasteiger partial charge in [0, 0.05) is 13.3 Å². The van der Waals surface area contributed by atoms with E-state index in [9.17, 15) is 9.59 Å². The molecule has 0 radical (unpaired) electrons. The average molecular weight is 439 g/mol. The van der Waals surface area contributed by atoms with Gasteiger partial charge in [-0.3, -0.25) is 9.59 Å². The molecule has 0 N–H and O–H groups in total. The highest BCUT2D eigenvalue weighted by Crippen LogP contribution is 2.66. The van der Waals surface area contributed by atoms with Gasteiger partial charge in [-0.1, -0.05) is 44.2 Å². The summed E-state index contributed by atoms with van der Waals surface area (Å²) in [4.78, 5) is 24.3. The normalized spacial score (nSPS) is 43.2. The number of ether oxygens (including phenoxy) is 2. The number of hydrogen-bond donors (Lipinski definition) is 0. The number of esters is 1. The van der Waals surface area contributed by atoms with Crippen molar-refractivity contribution in [2.45, 2.75) is 91.0 Å². The Morgan fingerprint density at radius 2 is 1.75 bits per heavy atom. The molecule has 4 saturated carbocycles. The van der Waals surface area contributed by atoms with Crippen LogP contribution >= 0.6 is 0 Å². The van der Waals surface area contributed by atoms with Crippen molar-refractivity contribution in [2.75, 3.05) is 0 Å².